The summed E-state index contributed by atoms with van der Waals surface area (Å²) in [7, 11) is 3.54. The van der Waals surface area contributed by atoms with Gasteiger partial charge in [-0.25, -0.2) is 0 Å². The number of ether oxygens (including phenoxy) is 2. The molecule has 0 amide bonds. The van der Waals surface area contributed by atoms with E-state index in [4.69, 9.17) is 9.47 Å². The second-order valence-corrected chi connectivity index (χ2v) is 5.14. The Labute approximate surface area is 117 Å². The smallest absolute Gasteiger partial charge is 0.134 e. The summed E-state index contributed by atoms with van der Waals surface area (Å²) in [5.41, 5.74) is 1.93. The van der Waals surface area contributed by atoms with Crippen molar-refractivity contribution in [2.75, 3.05) is 20.7 Å². The lowest BCUT2D eigenvalue weighted by Gasteiger charge is -2.17. The molecule has 0 aliphatic carbocycles. The van der Waals surface area contributed by atoms with Gasteiger partial charge in [-0.15, -0.1) is 0 Å². The Morgan fingerprint density at radius 2 is 2.06 bits per heavy atom. The Bertz CT molecular complexity index is 430. The molecule has 1 rings (SSSR count). The fourth-order valence-corrected chi connectivity index (χ4v) is 2.05. The van der Waals surface area contributed by atoms with Crippen molar-refractivity contribution in [3.63, 3.8) is 0 Å². The van der Waals surface area contributed by atoms with Gasteiger partial charge in [0.2, 0.25) is 0 Å². The van der Waals surface area contributed by atoms with Crippen molar-refractivity contribution in [1.29, 1.82) is 0 Å². The van der Waals surface area contributed by atoms with E-state index in [2.05, 4.69) is 27.8 Å². The number of hydrogen-bond acceptors (Lipinski definition) is 3. The van der Waals surface area contributed by atoms with Crippen LogP contribution in [0.25, 0.3) is 5.57 Å². The summed E-state index contributed by atoms with van der Waals surface area (Å²) in [5.74, 6) is 1.59. The van der Waals surface area contributed by atoms with E-state index in [1.54, 1.807) is 7.11 Å². The van der Waals surface area contributed by atoms with Gasteiger partial charge in [-0.05, 0) is 54.5 Å². The molecule has 1 N–H and O–H groups in total. The summed E-state index contributed by atoms with van der Waals surface area (Å²) in [4.78, 5) is 0. The van der Waals surface area contributed by atoms with E-state index in [0.717, 1.165) is 27.1 Å². The van der Waals surface area contributed by atoms with Gasteiger partial charge in [-0.3, -0.25) is 0 Å². The largest absolute Gasteiger partial charge is 0.496 e. The summed E-state index contributed by atoms with van der Waals surface area (Å²) in [6.07, 6.45) is 0.125. The Morgan fingerprint density at radius 1 is 1.39 bits per heavy atom. The SMILES string of the molecule is C=C(CNC)c1cc(OC(C)C)c(Br)cc1OC. The molecule has 0 spiro atoms. The maximum Gasteiger partial charge on any atom is 0.134 e. The van der Waals surface area contributed by atoms with Gasteiger partial charge in [0.25, 0.3) is 0 Å². The molecule has 100 valence electrons. The molecular weight excluding hydrogens is 294 g/mol. The molecule has 0 radical (unpaired) electrons. The van der Waals surface area contributed by atoms with Crippen LogP contribution in [0.15, 0.2) is 23.2 Å². The zero-order valence-electron chi connectivity index (χ0n) is 11.3. The van der Waals surface area contributed by atoms with Gasteiger partial charge in [0, 0.05) is 12.1 Å². The lowest BCUT2D eigenvalue weighted by Crippen LogP contribution is -2.11. The molecule has 3 nitrogen and oxygen atoms in total. The van der Waals surface area contributed by atoms with Crippen molar-refractivity contribution in [3.8, 4) is 11.5 Å². The summed E-state index contributed by atoms with van der Waals surface area (Å²) < 4.78 is 12.0. The van der Waals surface area contributed by atoms with Crippen LogP contribution in [0.5, 0.6) is 11.5 Å². The third kappa shape index (κ3) is 3.75. The molecular formula is C14H20BrNO2. The minimum absolute atomic E-state index is 0.125. The first kappa shape index (κ1) is 15.1. The van der Waals surface area contributed by atoms with Crippen molar-refractivity contribution in [2.24, 2.45) is 0 Å². The van der Waals surface area contributed by atoms with E-state index in [1.165, 1.54) is 0 Å². The van der Waals surface area contributed by atoms with Crippen LogP contribution in [0.2, 0.25) is 0 Å². The Kier molecular flexibility index (Phi) is 5.69. The van der Waals surface area contributed by atoms with Crippen LogP contribution in [-0.4, -0.2) is 26.8 Å². The molecule has 1 aromatic rings. The maximum absolute atomic E-state index is 5.75. The van der Waals surface area contributed by atoms with Crippen LogP contribution >= 0.6 is 15.9 Å². The Hall–Kier alpha value is -1.00. The highest BCUT2D eigenvalue weighted by atomic mass is 79.9. The second-order valence-electron chi connectivity index (χ2n) is 4.28. The minimum Gasteiger partial charge on any atom is -0.496 e. The van der Waals surface area contributed by atoms with E-state index in [0.29, 0.717) is 6.54 Å². The standard InChI is InChI=1S/C14H20BrNO2/c1-9(2)18-14-6-11(10(3)8-16-4)13(17-5)7-12(14)15/h6-7,9,16H,3,8H2,1-2,4-5H3. The average Bonchev–Trinajstić information content (AvgIpc) is 2.30. The van der Waals surface area contributed by atoms with E-state index in [-0.39, 0.29) is 6.10 Å². The van der Waals surface area contributed by atoms with E-state index in [9.17, 15) is 0 Å². The molecule has 0 bridgehead atoms. The Morgan fingerprint density at radius 3 is 2.56 bits per heavy atom. The van der Waals surface area contributed by atoms with Crippen LogP contribution < -0.4 is 14.8 Å². The van der Waals surface area contributed by atoms with Gasteiger partial charge < -0.3 is 14.8 Å². The molecule has 0 atom stereocenters. The van der Waals surface area contributed by atoms with Gasteiger partial charge in [0.15, 0.2) is 0 Å². The topological polar surface area (TPSA) is 30.5 Å². The van der Waals surface area contributed by atoms with Crippen molar-refractivity contribution in [3.05, 3.63) is 28.7 Å². The molecule has 1 aromatic carbocycles. The molecule has 0 unspecified atom stereocenters. The fourth-order valence-electron chi connectivity index (χ4n) is 1.63. The summed E-state index contributed by atoms with van der Waals surface area (Å²) >= 11 is 3.49. The summed E-state index contributed by atoms with van der Waals surface area (Å²) in [6.45, 7) is 8.76. The quantitative estimate of drug-likeness (QED) is 0.872. The molecule has 0 heterocycles. The zero-order valence-corrected chi connectivity index (χ0v) is 12.9. The number of rotatable bonds is 6. The van der Waals surface area contributed by atoms with Crippen LogP contribution in [0.1, 0.15) is 19.4 Å². The first-order valence-electron chi connectivity index (χ1n) is 5.86. The van der Waals surface area contributed by atoms with Crippen molar-refractivity contribution in [2.45, 2.75) is 20.0 Å². The van der Waals surface area contributed by atoms with Gasteiger partial charge >= 0.3 is 0 Å². The van der Waals surface area contributed by atoms with E-state index in [1.807, 2.05) is 33.0 Å². The monoisotopic (exact) mass is 313 g/mol. The number of halogens is 1. The third-order valence-electron chi connectivity index (χ3n) is 2.39. The lowest BCUT2D eigenvalue weighted by molar-refractivity contribution is 0.240. The number of likely N-dealkylation sites (N-methyl/N-ethyl adjacent to an activating group) is 1. The number of nitrogens with one attached hydrogen (secondary N) is 1. The second kappa shape index (κ2) is 6.81. The molecule has 0 aromatic heterocycles. The molecule has 0 aliphatic rings. The van der Waals surface area contributed by atoms with Gasteiger partial charge in [0.1, 0.15) is 11.5 Å². The number of methoxy groups -OCH3 is 1. The first-order valence-corrected chi connectivity index (χ1v) is 6.65. The highest BCUT2D eigenvalue weighted by molar-refractivity contribution is 9.10. The van der Waals surface area contributed by atoms with Gasteiger partial charge in [-0.1, -0.05) is 6.58 Å². The van der Waals surface area contributed by atoms with Crippen molar-refractivity contribution >= 4 is 21.5 Å². The van der Waals surface area contributed by atoms with E-state index >= 15 is 0 Å². The molecule has 0 fully saturated rings. The molecule has 0 saturated heterocycles. The van der Waals surface area contributed by atoms with Crippen LogP contribution in [0.4, 0.5) is 0 Å². The van der Waals surface area contributed by atoms with Crippen LogP contribution in [-0.2, 0) is 0 Å². The van der Waals surface area contributed by atoms with Gasteiger partial charge in [0.05, 0.1) is 17.7 Å². The first-order chi connectivity index (χ1) is 8.49. The van der Waals surface area contributed by atoms with Crippen molar-refractivity contribution in [1.82, 2.24) is 5.32 Å². The highest BCUT2D eigenvalue weighted by Gasteiger charge is 2.13. The molecule has 0 aliphatic heterocycles. The van der Waals surface area contributed by atoms with Crippen LogP contribution in [0, 0.1) is 0 Å². The van der Waals surface area contributed by atoms with E-state index < -0.39 is 0 Å². The van der Waals surface area contributed by atoms with Gasteiger partial charge in [-0.2, -0.15) is 0 Å². The fraction of sp³-hybridized carbons (Fsp3) is 0.429. The summed E-state index contributed by atoms with van der Waals surface area (Å²) in [5, 5.41) is 3.08. The molecule has 4 heteroatoms. The minimum atomic E-state index is 0.125. The Balaban J connectivity index is 3.17. The zero-order chi connectivity index (χ0) is 13.7. The normalized spacial score (nSPS) is 10.6. The average molecular weight is 314 g/mol. The number of hydrogen-bond donors (Lipinski definition) is 1. The third-order valence-corrected chi connectivity index (χ3v) is 3.01. The van der Waals surface area contributed by atoms with Crippen molar-refractivity contribution < 1.29 is 9.47 Å². The highest BCUT2D eigenvalue weighted by Crippen LogP contribution is 2.36. The maximum atomic E-state index is 5.75. The predicted molar refractivity (Wildman–Crippen MR) is 79.4 cm³/mol. The summed E-state index contributed by atoms with van der Waals surface area (Å²) in [6, 6.07) is 3.87. The van der Waals surface area contributed by atoms with Crippen LogP contribution in [0.3, 0.4) is 0 Å². The lowest BCUT2D eigenvalue weighted by atomic mass is 10.1. The number of benzene rings is 1. The molecule has 0 saturated carbocycles. The molecule has 18 heavy (non-hydrogen) atoms. The predicted octanol–water partition coefficient (Wildman–Crippen LogP) is 3.48.